The van der Waals surface area contributed by atoms with Crippen molar-refractivity contribution < 1.29 is 17.4 Å². The van der Waals surface area contributed by atoms with Gasteiger partial charge < -0.3 is 9.73 Å². The predicted molar refractivity (Wildman–Crippen MR) is 178 cm³/mol. The lowest BCUT2D eigenvalue weighted by Gasteiger charge is -2.18. The van der Waals surface area contributed by atoms with Gasteiger partial charge >= 0.3 is 0 Å². The fourth-order valence-corrected chi connectivity index (χ4v) is 6.91. The van der Waals surface area contributed by atoms with Gasteiger partial charge in [-0.2, -0.15) is 8.42 Å². The van der Waals surface area contributed by atoms with E-state index in [-0.39, 0.29) is 4.90 Å². The minimum atomic E-state index is -4.50. The highest BCUT2D eigenvalue weighted by atomic mass is 32.2. The van der Waals surface area contributed by atoms with E-state index in [0.29, 0.717) is 38.8 Å². The summed E-state index contributed by atoms with van der Waals surface area (Å²) in [6, 6.07) is 26.5. The molecular formula is C37H34N2O4S. The Hall–Kier alpha value is -4.72. The molecule has 2 N–H and O–H groups in total. The first-order chi connectivity index (χ1) is 20.9. The molecule has 0 saturated heterocycles. The summed E-state index contributed by atoms with van der Waals surface area (Å²) in [6.45, 7) is 12.4. The van der Waals surface area contributed by atoms with E-state index in [4.69, 9.17) is 9.41 Å². The molecule has 0 spiro atoms. The fourth-order valence-electron chi connectivity index (χ4n) is 6.21. The van der Waals surface area contributed by atoms with Crippen molar-refractivity contribution in [3.05, 3.63) is 124 Å². The maximum Gasteiger partial charge on any atom is 0.295 e. The minimum Gasteiger partial charge on any atom is -0.456 e. The van der Waals surface area contributed by atoms with E-state index in [9.17, 15) is 13.0 Å². The number of benzene rings is 5. The van der Waals surface area contributed by atoms with Gasteiger partial charge in [0.05, 0.1) is 11.0 Å². The monoisotopic (exact) mass is 602 g/mol. The van der Waals surface area contributed by atoms with E-state index in [1.54, 1.807) is 18.2 Å². The van der Waals surface area contributed by atoms with Crippen LogP contribution in [0.3, 0.4) is 0 Å². The van der Waals surface area contributed by atoms with Crippen LogP contribution >= 0.6 is 0 Å². The fraction of sp³-hybridized carbons (Fsp3) is 0.162. The third-order valence-corrected chi connectivity index (χ3v) is 8.87. The summed E-state index contributed by atoms with van der Waals surface area (Å²) in [5.41, 5.74) is 11.9. The van der Waals surface area contributed by atoms with Gasteiger partial charge in [-0.1, -0.05) is 53.6 Å². The summed E-state index contributed by atoms with van der Waals surface area (Å²) >= 11 is 0. The Balaban J connectivity index is 1.62. The molecule has 0 unspecified atom stereocenters. The molecular weight excluding hydrogens is 568 g/mol. The second-order valence-corrected chi connectivity index (χ2v) is 13.0. The first-order valence-electron chi connectivity index (χ1n) is 14.4. The molecule has 0 amide bonds. The molecule has 44 heavy (non-hydrogen) atoms. The average Bonchev–Trinajstić information content (AvgIpc) is 2.95. The minimum absolute atomic E-state index is 0.165. The SMILES string of the molecule is Cc1cc(C)c(/N=c2/ccc3c(-c4ccccc4S(=O)(=O)O)c4ccc(Nc5c(C)cc(C)cc5C)cc4oc-3c2)c(C)c1. The normalized spacial score (nSPS) is 12.3. The number of rotatable bonds is 5. The van der Waals surface area contributed by atoms with Crippen LogP contribution in [0.1, 0.15) is 33.4 Å². The smallest absolute Gasteiger partial charge is 0.295 e. The number of anilines is 2. The Morgan fingerprint density at radius 2 is 1.34 bits per heavy atom. The van der Waals surface area contributed by atoms with Crippen molar-refractivity contribution in [1.82, 2.24) is 0 Å². The second kappa shape index (κ2) is 11.1. The third-order valence-electron chi connectivity index (χ3n) is 7.96. The van der Waals surface area contributed by atoms with Crippen molar-refractivity contribution in [2.24, 2.45) is 4.99 Å². The van der Waals surface area contributed by atoms with E-state index in [1.807, 2.05) is 50.2 Å². The summed E-state index contributed by atoms with van der Waals surface area (Å²) in [6.07, 6.45) is 0. The quantitative estimate of drug-likeness (QED) is 0.152. The zero-order valence-electron chi connectivity index (χ0n) is 25.6. The highest BCUT2D eigenvalue weighted by Gasteiger charge is 2.23. The summed E-state index contributed by atoms with van der Waals surface area (Å²) in [5.74, 6) is 0.543. The van der Waals surface area contributed by atoms with E-state index in [2.05, 4.69) is 57.3 Å². The maximum atomic E-state index is 12.5. The van der Waals surface area contributed by atoms with Gasteiger partial charge in [0.2, 0.25) is 0 Å². The average molecular weight is 603 g/mol. The lowest BCUT2D eigenvalue weighted by atomic mass is 9.93. The number of fused-ring (bicyclic) bond motifs is 2. The van der Waals surface area contributed by atoms with Gasteiger partial charge in [0, 0.05) is 45.6 Å². The van der Waals surface area contributed by atoms with Gasteiger partial charge in [-0.05, 0) is 94.1 Å². The van der Waals surface area contributed by atoms with Crippen LogP contribution in [-0.2, 0) is 10.1 Å². The van der Waals surface area contributed by atoms with Crippen molar-refractivity contribution in [3.63, 3.8) is 0 Å². The van der Waals surface area contributed by atoms with Crippen molar-refractivity contribution in [2.75, 3.05) is 5.32 Å². The number of hydrogen-bond acceptors (Lipinski definition) is 5. The lowest BCUT2D eigenvalue weighted by Crippen LogP contribution is -2.05. The molecule has 222 valence electrons. The Kier molecular flexibility index (Phi) is 7.40. The van der Waals surface area contributed by atoms with Crippen molar-refractivity contribution in [1.29, 1.82) is 0 Å². The molecule has 1 aliphatic heterocycles. The zero-order chi connectivity index (χ0) is 31.3. The van der Waals surface area contributed by atoms with Crippen LogP contribution in [0.2, 0.25) is 0 Å². The summed E-state index contributed by atoms with van der Waals surface area (Å²) in [5, 5.41) is 4.98. The van der Waals surface area contributed by atoms with Gasteiger partial charge in [-0.25, -0.2) is 4.99 Å². The Bertz CT molecular complexity index is 2200. The highest BCUT2D eigenvalue weighted by Crippen LogP contribution is 2.43. The largest absolute Gasteiger partial charge is 0.456 e. The van der Waals surface area contributed by atoms with Crippen LogP contribution in [-0.4, -0.2) is 13.0 Å². The van der Waals surface area contributed by atoms with Crippen LogP contribution in [0.4, 0.5) is 17.1 Å². The summed E-state index contributed by atoms with van der Waals surface area (Å²) < 4.78 is 41.7. The molecule has 7 heteroatoms. The molecule has 2 aliphatic rings. The van der Waals surface area contributed by atoms with Crippen LogP contribution in [0.5, 0.6) is 0 Å². The van der Waals surface area contributed by atoms with E-state index < -0.39 is 10.1 Å². The van der Waals surface area contributed by atoms with E-state index in [0.717, 1.165) is 39.3 Å². The van der Waals surface area contributed by atoms with Gasteiger partial charge in [0.25, 0.3) is 10.1 Å². The van der Waals surface area contributed by atoms with Crippen molar-refractivity contribution in [3.8, 4) is 22.5 Å². The van der Waals surface area contributed by atoms with E-state index >= 15 is 0 Å². The van der Waals surface area contributed by atoms with Crippen LogP contribution in [0.25, 0.3) is 33.4 Å². The molecule has 1 heterocycles. The molecule has 0 aromatic heterocycles. The highest BCUT2D eigenvalue weighted by molar-refractivity contribution is 7.86. The molecule has 0 atom stereocenters. The number of nitrogens with one attached hydrogen (secondary N) is 1. The van der Waals surface area contributed by atoms with Crippen LogP contribution in [0.15, 0.2) is 99.2 Å². The van der Waals surface area contributed by atoms with Crippen molar-refractivity contribution in [2.45, 2.75) is 46.4 Å². The summed E-state index contributed by atoms with van der Waals surface area (Å²) in [7, 11) is -4.50. The number of hydrogen-bond donors (Lipinski definition) is 2. The zero-order valence-corrected chi connectivity index (χ0v) is 26.4. The molecule has 6 nitrogen and oxygen atoms in total. The van der Waals surface area contributed by atoms with Gasteiger partial charge in [-0.3, -0.25) is 4.55 Å². The van der Waals surface area contributed by atoms with Crippen molar-refractivity contribution >= 4 is 38.1 Å². The Labute approximate surface area is 257 Å². The number of aryl methyl sites for hydroxylation is 6. The predicted octanol–water partition coefficient (Wildman–Crippen LogP) is 9.28. The molecule has 4 aromatic rings. The topological polar surface area (TPSA) is 91.9 Å². The Morgan fingerprint density at radius 1 is 0.705 bits per heavy atom. The van der Waals surface area contributed by atoms with Gasteiger partial charge in [-0.15, -0.1) is 0 Å². The Morgan fingerprint density at radius 3 is 2.00 bits per heavy atom. The maximum absolute atomic E-state index is 12.5. The summed E-state index contributed by atoms with van der Waals surface area (Å²) in [4.78, 5) is 4.80. The standard InChI is InChI=1S/C37H34N2O4S/c1-21-15-23(3)36(24(4)16-21)38-27-11-13-29-32(19-27)43-33-20-28(39-37-25(5)17-22(2)18-26(37)6)12-14-30(33)35(29)31-9-7-8-10-34(31)44(40,41)42/h7-20,38H,1-6H3,(H,40,41,42)/b39-28-. The van der Waals surface area contributed by atoms with Crippen LogP contribution in [0, 0.1) is 41.5 Å². The first-order valence-corrected chi connectivity index (χ1v) is 15.9. The molecule has 0 bridgehead atoms. The van der Waals surface area contributed by atoms with Gasteiger partial charge in [0.15, 0.2) is 0 Å². The van der Waals surface area contributed by atoms with Crippen LogP contribution < -0.4 is 10.7 Å². The first kappa shape index (κ1) is 29.4. The molecule has 0 radical (unpaired) electrons. The lowest BCUT2D eigenvalue weighted by molar-refractivity contribution is 0.483. The molecule has 1 aliphatic carbocycles. The molecule has 4 aromatic carbocycles. The molecule has 6 rings (SSSR count). The third kappa shape index (κ3) is 5.52. The molecule has 0 fully saturated rings. The molecule has 0 saturated carbocycles. The van der Waals surface area contributed by atoms with E-state index in [1.165, 1.54) is 17.2 Å². The second-order valence-electron chi connectivity index (χ2n) is 11.6. The van der Waals surface area contributed by atoms with Gasteiger partial charge in [0.1, 0.15) is 16.2 Å². The number of nitrogens with zero attached hydrogens (tertiary/aromatic N) is 1.